The number of nitrogens with one attached hydrogen (secondary N) is 8. The van der Waals surface area contributed by atoms with Gasteiger partial charge in [0.1, 0.15) is 101 Å². The van der Waals surface area contributed by atoms with E-state index >= 15 is 19.2 Å². The summed E-state index contributed by atoms with van der Waals surface area (Å²) in [4.78, 5) is 124. The monoisotopic (exact) mass is 1620 g/mol. The fourth-order valence-electron chi connectivity index (χ4n) is 13.3. The summed E-state index contributed by atoms with van der Waals surface area (Å²) >= 11 is 14.3. The van der Waals surface area contributed by atoms with Crippen molar-refractivity contribution in [3.8, 4) is 57.1 Å². The highest BCUT2D eigenvalue weighted by molar-refractivity contribution is 8.76. The van der Waals surface area contributed by atoms with Crippen molar-refractivity contribution in [3.05, 3.63) is 141 Å². The number of aliphatic hydroxyl groups excluding tert-OH is 6. The standard InChI is InChI=1S/C73H83Cl2N11O23S2/c1-29(2)18-40(78-5)65(97)85-56-58(92)32-10-13-44(38(74)20-32)105-46-22-34-23-47(62(46)109-72-63(61(95)60(94)48(28-87)107-72)108-51-27-73(4,77)64(96)30(3)104-51)106-45-14-11-33(21-39(45)75)59(93)57-71(103)84-55(67(99)80-16-17-110-111-50-8-6-7-15-79-50)37-24-35(88)25-43(90)52(37)36-19-31(9-12-42(36)89)53(68(100)86-57)83-69(101)54(34)82-66(98)41(26-49(76)91)81-70(56)102/h6-15,19-25,29-30,40-41,48,51,53-61,63-64,72,78,87-90,92-96H,16-18,26-28,77H2,1-5H3,(H2,76,91)(H,80,99)(H,81,102)(H,82,98)(H,83,101)(H,84,103)(H,85,97)(H,86,100)/t30-,40+,41-,48+,51-,53+,54+,55-,56+,57-,58+,59+,60+,61-,63+,64+,72-,73-/m0/s1. The van der Waals surface area contributed by atoms with E-state index in [0.717, 1.165) is 60.7 Å². The molecule has 0 saturated carbocycles. The van der Waals surface area contributed by atoms with Gasteiger partial charge in [0.15, 0.2) is 23.9 Å². The summed E-state index contributed by atoms with van der Waals surface area (Å²) in [7, 11) is 4.09. The molecule has 11 bridgehead atoms. The smallest absolute Gasteiger partial charge is 0.248 e. The van der Waals surface area contributed by atoms with E-state index < -0.39 is 220 Å². The van der Waals surface area contributed by atoms with Gasteiger partial charge in [-0.15, -0.1) is 0 Å². The number of nitrogens with two attached hydrogens (primary N) is 2. The molecule has 0 radical (unpaired) electrons. The second-order valence-corrected chi connectivity index (χ2v) is 31.0. The molecule has 6 aromatic rings. The maximum atomic E-state index is 16.2. The molecule has 594 valence electrons. The van der Waals surface area contributed by atoms with E-state index in [-0.39, 0.29) is 75.4 Å². The summed E-state index contributed by atoms with van der Waals surface area (Å²) in [6.45, 7) is 5.63. The second-order valence-electron chi connectivity index (χ2n) is 27.7. The molecule has 13 rings (SSSR count). The number of ether oxygens (including phenoxy) is 6. The van der Waals surface area contributed by atoms with Gasteiger partial charge in [-0.3, -0.25) is 38.4 Å². The largest absolute Gasteiger partial charge is 0.508 e. The Morgan fingerprint density at radius 3 is 2.01 bits per heavy atom. The van der Waals surface area contributed by atoms with Crippen LogP contribution in [0.4, 0.5) is 0 Å². The number of halogens is 2. The molecule has 8 amide bonds. The Balaban J connectivity index is 1.12. The minimum absolute atomic E-state index is 0.0685. The van der Waals surface area contributed by atoms with Crippen molar-refractivity contribution in [2.24, 2.45) is 17.4 Å². The van der Waals surface area contributed by atoms with E-state index in [1.807, 2.05) is 13.8 Å². The molecule has 0 aliphatic carbocycles. The van der Waals surface area contributed by atoms with Crippen LogP contribution in [0.3, 0.4) is 0 Å². The molecule has 7 aliphatic heterocycles. The summed E-state index contributed by atoms with van der Waals surface area (Å²) in [5.41, 5.74) is 8.60. The van der Waals surface area contributed by atoms with Crippen LogP contribution in [0.15, 0.2) is 108 Å². The number of rotatable bonds is 18. The number of carbonyl (C=O) groups excluding carboxylic acids is 8. The van der Waals surface area contributed by atoms with E-state index in [1.165, 1.54) is 60.7 Å². The van der Waals surface area contributed by atoms with Crippen molar-refractivity contribution in [1.29, 1.82) is 0 Å². The maximum Gasteiger partial charge on any atom is 0.248 e. The first-order valence-electron chi connectivity index (χ1n) is 34.9. The molecule has 0 spiro atoms. The van der Waals surface area contributed by atoms with Gasteiger partial charge in [0.25, 0.3) is 0 Å². The first-order chi connectivity index (χ1) is 52.7. The van der Waals surface area contributed by atoms with Crippen LogP contribution >= 0.6 is 44.8 Å². The topological polar surface area (TPSA) is 535 Å². The van der Waals surface area contributed by atoms with Crippen molar-refractivity contribution >= 4 is 92.0 Å². The number of nitrogens with zero attached hydrogens (tertiary/aromatic N) is 1. The van der Waals surface area contributed by atoms with E-state index in [2.05, 4.69) is 47.5 Å². The molecule has 2 saturated heterocycles. The third-order valence-electron chi connectivity index (χ3n) is 19.1. The highest BCUT2D eigenvalue weighted by Crippen LogP contribution is 2.50. The van der Waals surface area contributed by atoms with E-state index in [0.29, 0.717) is 5.03 Å². The molecule has 2 fully saturated rings. The lowest BCUT2D eigenvalue weighted by atomic mass is 9.86. The number of hydrogen-bond donors (Lipinski definition) is 19. The summed E-state index contributed by atoms with van der Waals surface area (Å²) in [6, 6.07) is 5.65. The molecular formula is C73H83Cl2N11O23S2. The number of phenols is 3. The first kappa shape index (κ1) is 82.6. The molecule has 21 N–H and O–H groups in total. The molecule has 5 aromatic carbocycles. The van der Waals surface area contributed by atoms with Crippen molar-refractivity contribution in [1.82, 2.24) is 47.5 Å². The molecular weight excluding hydrogens is 1530 g/mol. The number of amides is 8. The number of likely N-dealkylation sites (N-methyl/N-ethyl adjacent to an activating group) is 1. The lowest BCUT2D eigenvalue weighted by Crippen LogP contribution is -2.64. The van der Waals surface area contributed by atoms with Crippen molar-refractivity contribution < 1.29 is 113 Å². The van der Waals surface area contributed by atoms with E-state index in [1.54, 1.807) is 24.4 Å². The molecule has 7 aliphatic rings. The molecule has 8 heterocycles. The van der Waals surface area contributed by atoms with Crippen LogP contribution in [-0.2, 0) is 52.6 Å². The number of hydrogen-bond acceptors (Lipinski definition) is 28. The zero-order chi connectivity index (χ0) is 80.2. The molecule has 34 nitrogen and oxygen atoms in total. The predicted octanol–water partition coefficient (Wildman–Crippen LogP) is 1.97. The Morgan fingerprint density at radius 1 is 0.739 bits per heavy atom. The molecule has 1 aromatic heterocycles. The van der Waals surface area contributed by atoms with Gasteiger partial charge in [-0.1, -0.05) is 72.1 Å². The van der Waals surface area contributed by atoms with E-state index in [9.17, 15) is 65.1 Å². The summed E-state index contributed by atoms with van der Waals surface area (Å²) < 4.78 is 38.6. The van der Waals surface area contributed by atoms with Crippen molar-refractivity contribution in [2.75, 3.05) is 26.0 Å². The highest BCUT2D eigenvalue weighted by Gasteiger charge is 2.52. The number of carbonyl (C=O) groups is 8. The number of primary amides is 1. The van der Waals surface area contributed by atoms with Gasteiger partial charge in [-0.05, 0) is 139 Å². The van der Waals surface area contributed by atoms with Crippen LogP contribution in [0.1, 0.15) is 105 Å². The fraction of sp³-hybridized carbons (Fsp3) is 0.411. The third kappa shape index (κ3) is 18.7. The highest BCUT2D eigenvalue weighted by atomic mass is 35.5. The SMILES string of the molecule is CN[C@H](CC(C)C)C(=O)N[C@H]1C(=O)N[C@@H](CC(N)=O)C(=O)N[C@H]2C(=O)N[C@H]3C(=O)N[C@H](C(=O)N[C@H](C(=O)NCCSSc4ccccn4)c4cc(O)cc(O)c4-c4cc3ccc4O)[C@H](O)c3ccc(c(Cl)c3)Oc3cc2cc(c3O[C@@H]2O[C@H](CO)[C@@H](O)[C@H](O)[C@H]2O[C@H]2C[C@](C)(N)[C@H](O)[C@H](C)O2)Oc2ccc(cc2Cl)[C@H]1O. The number of aliphatic hydroxyl groups is 6. The lowest BCUT2D eigenvalue weighted by Gasteiger charge is -2.47. The normalized spacial score (nSPS) is 27.8. The molecule has 38 heteroatoms. The molecule has 0 unspecified atom stereocenters. The molecule has 18 atom stereocenters. The van der Waals surface area contributed by atoms with E-state index in [4.69, 9.17) is 63.1 Å². The maximum absolute atomic E-state index is 16.2. The van der Waals surface area contributed by atoms with Gasteiger partial charge in [0.05, 0.1) is 41.3 Å². The van der Waals surface area contributed by atoms with Crippen LogP contribution in [0, 0.1) is 5.92 Å². The van der Waals surface area contributed by atoms with Gasteiger partial charge >= 0.3 is 0 Å². The van der Waals surface area contributed by atoms with Crippen LogP contribution in [0.5, 0.6) is 46.0 Å². The zero-order valence-electron chi connectivity index (χ0n) is 59.9. The summed E-state index contributed by atoms with van der Waals surface area (Å²) in [5.74, 6) is -14.4. The molecule has 111 heavy (non-hydrogen) atoms. The average Bonchev–Trinajstić information content (AvgIpc) is 0.767. The van der Waals surface area contributed by atoms with Gasteiger partial charge in [0.2, 0.25) is 59.3 Å². The number of fused-ring (bicyclic) bond motifs is 15. The number of aromatic hydroxyl groups is 3. The third-order valence-corrected chi connectivity index (χ3v) is 21.9. The number of aromatic nitrogens is 1. The summed E-state index contributed by atoms with van der Waals surface area (Å²) in [6.07, 6.45) is -16.9. The predicted molar refractivity (Wildman–Crippen MR) is 397 cm³/mol. The first-order valence-corrected chi connectivity index (χ1v) is 38.0. The Hall–Kier alpha value is -9.35. The Morgan fingerprint density at radius 2 is 1.39 bits per heavy atom. The summed E-state index contributed by atoms with van der Waals surface area (Å²) in [5, 5.41) is 126. The minimum atomic E-state index is -2.34. The fourth-order valence-corrected chi connectivity index (χ4v) is 15.6. The average molecular weight is 1620 g/mol. The minimum Gasteiger partial charge on any atom is -0.508 e. The van der Waals surface area contributed by atoms with Crippen LogP contribution in [0.25, 0.3) is 11.1 Å². The Labute approximate surface area is 651 Å². The number of pyridine rings is 1. The van der Waals surface area contributed by atoms with Crippen LogP contribution < -0.4 is 68.2 Å². The van der Waals surface area contributed by atoms with Crippen LogP contribution in [-0.4, -0.2) is 203 Å². The van der Waals surface area contributed by atoms with Gasteiger partial charge in [-0.25, -0.2) is 4.98 Å². The number of benzene rings is 5. The van der Waals surface area contributed by atoms with Crippen molar-refractivity contribution in [2.45, 2.75) is 161 Å². The number of phenolic OH excluding ortho intramolecular Hbond substituents is 3. The Kier molecular flexibility index (Phi) is 26.2. The van der Waals surface area contributed by atoms with Gasteiger partial charge < -0.3 is 128 Å². The zero-order valence-corrected chi connectivity index (χ0v) is 63.0. The van der Waals surface area contributed by atoms with Gasteiger partial charge in [-0.2, -0.15) is 0 Å². The van der Waals surface area contributed by atoms with Crippen molar-refractivity contribution in [3.63, 3.8) is 0 Å². The quantitative estimate of drug-likeness (QED) is 0.0432. The lowest BCUT2D eigenvalue weighted by molar-refractivity contribution is -0.333. The Bertz CT molecular complexity index is 4520. The second kappa shape index (κ2) is 35.1. The van der Waals surface area contributed by atoms with Gasteiger partial charge in [0, 0.05) is 47.6 Å². The van der Waals surface area contributed by atoms with Crippen LogP contribution in [0.2, 0.25) is 10.0 Å².